The van der Waals surface area contributed by atoms with Crippen molar-refractivity contribution in [1.82, 2.24) is 0 Å². The van der Waals surface area contributed by atoms with Gasteiger partial charge in [-0.05, 0) is 84.4 Å². The van der Waals surface area contributed by atoms with Crippen LogP contribution in [-0.2, 0) is 25.7 Å². The molecule has 0 radical (unpaired) electrons. The summed E-state index contributed by atoms with van der Waals surface area (Å²) in [7, 11) is 0. The van der Waals surface area contributed by atoms with Crippen LogP contribution in [0, 0.1) is 0 Å². The molecule has 26 heavy (non-hydrogen) atoms. The van der Waals surface area contributed by atoms with Gasteiger partial charge in [0.1, 0.15) is 0 Å². The molecule has 0 aromatic heterocycles. The maximum atomic E-state index is 2.40. The minimum absolute atomic E-state index is 1.25. The van der Waals surface area contributed by atoms with E-state index in [4.69, 9.17) is 0 Å². The third-order valence-corrected chi connectivity index (χ3v) is 5.79. The maximum absolute atomic E-state index is 2.40. The Balaban J connectivity index is 2.69. The summed E-state index contributed by atoms with van der Waals surface area (Å²) >= 11 is 0. The van der Waals surface area contributed by atoms with Gasteiger partial charge in [0.15, 0.2) is 0 Å². The zero-order valence-electron chi connectivity index (χ0n) is 17.8. The van der Waals surface area contributed by atoms with Crippen LogP contribution in [0.3, 0.4) is 0 Å². The third-order valence-electron chi connectivity index (χ3n) is 5.79. The van der Waals surface area contributed by atoms with Gasteiger partial charge in [-0.1, -0.05) is 77.6 Å². The average molecular weight is 353 g/mol. The van der Waals surface area contributed by atoms with Crippen molar-refractivity contribution in [3.63, 3.8) is 0 Å². The summed E-state index contributed by atoms with van der Waals surface area (Å²) in [5, 5.41) is 3.11. The monoisotopic (exact) mass is 352 g/mol. The lowest BCUT2D eigenvalue weighted by Crippen LogP contribution is -2.08. The van der Waals surface area contributed by atoms with E-state index in [1.807, 2.05) is 0 Å². The molecule has 144 valence electrons. The quantitative estimate of drug-likeness (QED) is 0.361. The van der Waals surface area contributed by atoms with Crippen molar-refractivity contribution in [2.45, 2.75) is 105 Å². The Morgan fingerprint density at radius 1 is 0.462 bits per heavy atom. The Hall–Kier alpha value is -1.30. The molecule has 0 unspecified atom stereocenters. The summed E-state index contributed by atoms with van der Waals surface area (Å²) in [6, 6.07) is 9.29. The number of aryl methyl sites for hydroxylation is 2. The van der Waals surface area contributed by atoms with Crippen molar-refractivity contribution >= 4 is 10.8 Å². The van der Waals surface area contributed by atoms with E-state index in [0.717, 1.165) is 0 Å². The third kappa shape index (κ3) is 5.12. The van der Waals surface area contributed by atoms with E-state index in [2.05, 4.69) is 52.0 Å². The van der Waals surface area contributed by atoms with Gasteiger partial charge in [-0.2, -0.15) is 0 Å². The molecule has 2 aromatic rings. The van der Waals surface area contributed by atoms with E-state index in [1.165, 1.54) is 77.0 Å². The predicted octanol–water partition coefficient (Wildman–Crippen LogP) is 8.21. The normalized spacial score (nSPS) is 11.4. The van der Waals surface area contributed by atoms with Crippen LogP contribution in [0.4, 0.5) is 0 Å². The first-order valence-electron chi connectivity index (χ1n) is 11.3. The lowest BCUT2D eigenvalue weighted by molar-refractivity contribution is 0.724. The average Bonchev–Trinajstić information content (AvgIpc) is 2.68. The molecule has 2 rings (SSSR count). The zero-order valence-corrected chi connectivity index (χ0v) is 17.8. The first-order valence-corrected chi connectivity index (χ1v) is 11.3. The molecule has 0 nitrogen and oxygen atoms in total. The van der Waals surface area contributed by atoms with Gasteiger partial charge in [0.05, 0.1) is 0 Å². The van der Waals surface area contributed by atoms with Gasteiger partial charge in [-0.15, -0.1) is 0 Å². The first kappa shape index (κ1) is 21.0. The summed E-state index contributed by atoms with van der Waals surface area (Å²) in [5.41, 5.74) is 6.83. The topological polar surface area (TPSA) is 0 Å². The SMILES string of the molecule is CCCCc1c(CCCC)c(CCCC)c2ccccc2c1CCCC. The number of hydrogen-bond donors (Lipinski definition) is 0. The summed E-state index contributed by atoms with van der Waals surface area (Å²) in [6.07, 6.45) is 15.5. The number of hydrogen-bond acceptors (Lipinski definition) is 0. The highest BCUT2D eigenvalue weighted by atomic mass is 14.2. The molecule has 0 amide bonds. The molecule has 0 atom stereocenters. The number of fused-ring (bicyclic) bond motifs is 1. The van der Waals surface area contributed by atoms with Crippen LogP contribution in [0.5, 0.6) is 0 Å². The van der Waals surface area contributed by atoms with Crippen LogP contribution in [0.15, 0.2) is 24.3 Å². The molecule has 0 aliphatic rings. The van der Waals surface area contributed by atoms with Crippen molar-refractivity contribution in [3.05, 3.63) is 46.5 Å². The molecule has 0 bridgehead atoms. The summed E-state index contributed by atoms with van der Waals surface area (Å²) in [4.78, 5) is 0. The van der Waals surface area contributed by atoms with Gasteiger partial charge in [0.2, 0.25) is 0 Å². The maximum Gasteiger partial charge on any atom is -0.0146 e. The van der Waals surface area contributed by atoms with Crippen molar-refractivity contribution in [3.8, 4) is 0 Å². The van der Waals surface area contributed by atoms with Gasteiger partial charge in [0, 0.05) is 0 Å². The second kappa shape index (κ2) is 11.4. The van der Waals surface area contributed by atoms with Crippen LogP contribution in [0.25, 0.3) is 10.8 Å². The lowest BCUT2D eigenvalue weighted by atomic mass is 9.82. The molecule has 0 spiro atoms. The first-order chi connectivity index (χ1) is 12.8. The number of unbranched alkanes of at least 4 members (excludes halogenated alkanes) is 4. The van der Waals surface area contributed by atoms with Gasteiger partial charge in [-0.25, -0.2) is 0 Å². The Labute approximate surface area is 162 Å². The van der Waals surface area contributed by atoms with Gasteiger partial charge in [-0.3, -0.25) is 0 Å². The minimum atomic E-state index is 1.25. The van der Waals surface area contributed by atoms with Gasteiger partial charge in [0.25, 0.3) is 0 Å². The van der Waals surface area contributed by atoms with Crippen molar-refractivity contribution < 1.29 is 0 Å². The Morgan fingerprint density at radius 2 is 0.769 bits per heavy atom. The van der Waals surface area contributed by atoms with Crippen LogP contribution < -0.4 is 0 Å². The molecule has 0 aliphatic heterocycles. The van der Waals surface area contributed by atoms with E-state index in [-0.39, 0.29) is 0 Å². The Bertz CT molecular complexity index is 607. The largest absolute Gasteiger partial charge is 0.0654 e. The minimum Gasteiger partial charge on any atom is -0.0654 e. The van der Waals surface area contributed by atoms with E-state index in [0.29, 0.717) is 0 Å². The molecular weight excluding hydrogens is 312 g/mol. The molecule has 2 aromatic carbocycles. The van der Waals surface area contributed by atoms with E-state index in [9.17, 15) is 0 Å². The van der Waals surface area contributed by atoms with E-state index < -0.39 is 0 Å². The molecule has 0 heteroatoms. The fraction of sp³-hybridized carbons (Fsp3) is 0.615. The van der Waals surface area contributed by atoms with Crippen LogP contribution in [0.1, 0.15) is 101 Å². The van der Waals surface area contributed by atoms with Crippen LogP contribution >= 0.6 is 0 Å². The zero-order chi connectivity index (χ0) is 18.8. The second-order valence-electron chi connectivity index (χ2n) is 7.87. The van der Waals surface area contributed by atoms with Crippen molar-refractivity contribution in [2.24, 2.45) is 0 Å². The smallest absolute Gasteiger partial charge is 0.0146 e. The summed E-state index contributed by atoms with van der Waals surface area (Å²) < 4.78 is 0. The Kier molecular flexibility index (Phi) is 9.23. The predicted molar refractivity (Wildman–Crippen MR) is 118 cm³/mol. The molecule has 0 saturated carbocycles. The molecule has 0 aliphatic carbocycles. The number of rotatable bonds is 12. The standard InChI is InChI=1S/C26H40/c1-5-9-15-21-22(16-10-6-2)24(18-12-8-4)26-20-14-13-19-25(26)23(21)17-11-7-3/h13-14,19-20H,5-12,15-18H2,1-4H3. The van der Waals surface area contributed by atoms with Crippen molar-refractivity contribution in [2.75, 3.05) is 0 Å². The molecule has 0 saturated heterocycles. The molecule has 0 N–H and O–H groups in total. The summed E-state index contributed by atoms with van der Waals surface area (Å²) in [5.74, 6) is 0. The highest BCUT2D eigenvalue weighted by molar-refractivity contribution is 5.91. The molecule has 0 fully saturated rings. The Morgan fingerprint density at radius 3 is 1.08 bits per heavy atom. The molecular formula is C26H40. The highest BCUT2D eigenvalue weighted by Crippen LogP contribution is 2.35. The fourth-order valence-electron chi connectivity index (χ4n) is 4.29. The fourth-order valence-corrected chi connectivity index (χ4v) is 4.29. The van der Waals surface area contributed by atoms with Gasteiger partial charge >= 0.3 is 0 Å². The van der Waals surface area contributed by atoms with E-state index in [1.54, 1.807) is 33.0 Å². The lowest BCUT2D eigenvalue weighted by Gasteiger charge is -2.23. The van der Waals surface area contributed by atoms with Crippen LogP contribution in [-0.4, -0.2) is 0 Å². The summed E-state index contributed by atoms with van der Waals surface area (Å²) in [6.45, 7) is 9.30. The van der Waals surface area contributed by atoms with Gasteiger partial charge < -0.3 is 0 Å². The molecule has 0 heterocycles. The van der Waals surface area contributed by atoms with Crippen molar-refractivity contribution in [1.29, 1.82) is 0 Å². The van der Waals surface area contributed by atoms with Crippen LogP contribution in [0.2, 0.25) is 0 Å². The second-order valence-corrected chi connectivity index (χ2v) is 7.87. The highest BCUT2D eigenvalue weighted by Gasteiger charge is 2.18. The number of benzene rings is 2. The van der Waals surface area contributed by atoms with E-state index >= 15 is 0 Å².